The summed E-state index contributed by atoms with van der Waals surface area (Å²) in [5.41, 5.74) is 0.911. The number of aromatic nitrogens is 1. The van der Waals surface area contributed by atoms with Crippen molar-refractivity contribution in [1.82, 2.24) is 4.98 Å². The van der Waals surface area contributed by atoms with Crippen LogP contribution < -0.4 is 4.90 Å². The minimum atomic E-state index is 0.152. The first-order valence-electron chi connectivity index (χ1n) is 5.56. The van der Waals surface area contributed by atoms with E-state index in [2.05, 4.69) is 4.98 Å². The van der Waals surface area contributed by atoms with Gasteiger partial charge in [0.05, 0.1) is 0 Å². The zero-order valence-electron chi connectivity index (χ0n) is 9.53. The fraction of sp³-hybridized carbons (Fsp3) is 0.500. The van der Waals surface area contributed by atoms with Gasteiger partial charge in [0, 0.05) is 36.9 Å². The van der Waals surface area contributed by atoms with E-state index in [-0.39, 0.29) is 5.91 Å². The summed E-state index contributed by atoms with van der Waals surface area (Å²) in [5, 5.41) is 0. The molecule has 88 valence electrons. The molecule has 0 radical (unpaired) electrons. The molecule has 0 bridgehead atoms. The average molecular weight is 241 g/mol. The summed E-state index contributed by atoms with van der Waals surface area (Å²) in [5.74, 6) is 0.771. The maximum Gasteiger partial charge on any atom is 0.226 e. The summed E-state index contributed by atoms with van der Waals surface area (Å²) in [6.45, 7) is 2.66. The smallest absolute Gasteiger partial charge is 0.226 e. The first-order valence-corrected chi connectivity index (χ1v) is 6.09. The second kappa shape index (κ2) is 7.23. The van der Waals surface area contributed by atoms with Crippen molar-refractivity contribution in [3.05, 3.63) is 24.5 Å². The van der Waals surface area contributed by atoms with Gasteiger partial charge in [0.15, 0.2) is 0 Å². The third-order valence-corrected chi connectivity index (χ3v) is 2.63. The van der Waals surface area contributed by atoms with Crippen molar-refractivity contribution in [2.75, 3.05) is 17.3 Å². The molecular weight excluding hydrogens is 224 g/mol. The Balaban J connectivity index is 2.57. The van der Waals surface area contributed by atoms with Gasteiger partial charge in [-0.1, -0.05) is 0 Å². The molecule has 16 heavy (non-hydrogen) atoms. The summed E-state index contributed by atoms with van der Waals surface area (Å²) >= 11 is 5.58. The van der Waals surface area contributed by atoms with Crippen molar-refractivity contribution in [2.45, 2.75) is 26.2 Å². The minimum absolute atomic E-state index is 0.152. The highest BCUT2D eigenvalue weighted by Crippen LogP contribution is 2.14. The van der Waals surface area contributed by atoms with Crippen LogP contribution in [0.15, 0.2) is 24.5 Å². The van der Waals surface area contributed by atoms with Gasteiger partial charge < -0.3 is 4.90 Å². The van der Waals surface area contributed by atoms with E-state index >= 15 is 0 Å². The molecule has 0 fully saturated rings. The predicted octanol–water partition coefficient (Wildman–Crippen LogP) is 2.84. The Kier molecular flexibility index (Phi) is 5.86. The molecule has 1 aromatic rings. The van der Waals surface area contributed by atoms with Gasteiger partial charge in [-0.3, -0.25) is 9.78 Å². The van der Waals surface area contributed by atoms with Crippen LogP contribution in [0.25, 0.3) is 0 Å². The normalized spacial score (nSPS) is 10.1. The van der Waals surface area contributed by atoms with Gasteiger partial charge >= 0.3 is 0 Å². The van der Waals surface area contributed by atoms with E-state index in [0.29, 0.717) is 18.8 Å². The number of hydrogen-bond donors (Lipinski definition) is 0. The highest BCUT2D eigenvalue weighted by atomic mass is 35.5. The molecule has 0 unspecified atom stereocenters. The lowest BCUT2D eigenvalue weighted by atomic mass is 10.2. The molecule has 0 aliphatic carbocycles. The first-order chi connectivity index (χ1) is 7.79. The number of unbranched alkanes of at least 4 members (excludes halogenated alkanes) is 1. The molecule has 1 rings (SSSR count). The standard InChI is InChI=1S/C12H17ClN2O/c1-2-15(11-6-9-14-10-7-11)12(16)5-3-4-8-13/h6-7,9-10H,2-5,8H2,1H3. The Morgan fingerprint density at radius 2 is 2.06 bits per heavy atom. The molecule has 0 saturated carbocycles. The molecule has 4 heteroatoms. The van der Waals surface area contributed by atoms with Gasteiger partial charge in [-0.2, -0.15) is 0 Å². The van der Waals surface area contributed by atoms with Crippen LogP contribution in [0.4, 0.5) is 5.69 Å². The number of pyridine rings is 1. The van der Waals surface area contributed by atoms with Crippen molar-refractivity contribution in [3.8, 4) is 0 Å². The fourth-order valence-corrected chi connectivity index (χ4v) is 1.72. The fourth-order valence-electron chi connectivity index (χ4n) is 1.53. The topological polar surface area (TPSA) is 33.2 Å². The lowest BCUT2D eigenvalue weighted by Crippen LogP contribution is -2.30. The molecule has 0 saturated heterocycles. The van der Waals surface area contributed by atoms with E-state index in [0.717, 1.165) is 18.5 Å². The molecule has 1 aromatic heterocycles. The average Bonchev–Trinajstić information content (AvgIpc) is 2.32. The van der Waals surface area contributed by atoms with Crippen molar-refractivity contribution >= 4 is 23.2 Å². The molecule has 0 aliphatic rings. The van der Waals surface area contributed by atoms with E-state index in [9.17, 15) is 4.79 Å². The van der Waals surface area contributed by atoms with Crippen molar-refractivity contribution in [2.24, 2.45) is 0 Å². The number of nitrogens with zero attached hydrogens (tertiary/aromatic N) is 2. The molecular formula is C12H17ClN2O. The van der Waals surface area contributed by atoms with Crippen LogP contribution in [0.1, 0.15) is 26.2 Å². The van der Waals surface area contributed by atoms with Gasteiger partial charge in [-0.15, -0.1) is 11.6 Å². The van der Waals surface area contributed by atoms with Crippen molar-refractivity contribution in [1.29, 1.82) is 0 Å². The number of carbonyl (C=O) groups excluding carboxylic acids is 1. The van der Waals surface area contributed by atoms with E-state index in [1.165, 1.54) is 0 Å². The van der Waals surface area contributed by atoms with Crippen LogP contribution >= 0.6 is 11.6 Å². The molecule has 0 N–H and O–H groups in total. The highest BCUT2D eigenvalue weighted by molar-refractivity contribution is 6.17. The maximum atomic E-state index is 11.9. The molecule has 1 heterocycles. The quantitative estimate of drug-likeness (QED) is 0.566. The van der Waals surface area contributed by atoms with E-state index < -0.39 is 0 Å². The van der Waals surface area contributed by atoms with Gasteiger partial charge in [-0.25, -0.2) is 0 Å². The van der Waals surface area contributed by atoms with E-state index in [1.807, 2.05) is 19.1 Å². The number of rotatable bonds is 6. The first kappa shape index (κ1) is 13.0. The van der Waals surface area contributed by atoms with Gasteiger partial charge in [0.1, 0.15) is 0 Å². The monoisotopic (exact) mass is 240 g/mol. The van der Waals surface area contributed by atoms with Gasteiger partial charge in [0.25, 0.3) is 0 Å². The molecule has 0 aromatic carbocycles. The second-order valence-electron chi connectivity index (χ2n) is 3.49. The lowest BCUT2D eigenvalue weighted by Gasteiger charge is -2.20. The Morgan fingerprint density at radius 3 is 2.62 bits per heavy atom. The Hall–Kier alpha value is -1.09. The molecule has 0 spiro atoms. The van der Waals surface area contributed by atoms with Crippen LogP contribution in [0.2, 0.25) is 0 Å². The minimum Gasteiger partial charge on any atom is -0.313 e. The number of anilines is 1. The second-order valence-corrected chi connectivity index (χ2v) is 3.87. The Morgan fingerprint density at radius 1 is 1.38 bits per heavy atom. The maximum absolute atomic E-state index is 11.9. The third kappa shape index (κ3) is 3.81. The van der Waals surface area contributed by atoms with E-state index in [4.69, 9.17) is 11.6 Å². The molecule has 1 amide bonds. The highest BCUT2D eigenvalue weighted by Gasteiger charge is 2.12. The number of alkyl halides is 1. The number of halogens is 1. The number of hydrogen-bond acceptors (Lipinski definition) is 2. The number of carbonyl (C=O) groups is 1. The molecule has 0 atom stereocenters. The number of amides is 1. The summed E-state index contributed by atoms with van der Waals surface area (Å²) in [6, 6.07) is 3.70. The predicted molar refractivity (Wildman–Crippen MR) is 66.8 cm³/mol. The van der Waals surface area contributed by atoms with Gasteiger partial charge in [-0.05, 0) is 31.9 Å². The summed E-state index contributed by atoms with van der Waals surface area (Å²) in [6.07, 6.45) is 5.70. The van der Waals surface area contributed by atoms with E-state index in [1.54, 1.807) is 17.3 Å². The molecule has 0 aliphatic heterocycles. The summed E-state index contributed by atoms with van der Waals surface area (Å²) in [7, 11) is 0. The molecule has 3 nitrogen and oxygen atoms in total. The Bertz CT molecular complexity index is 316. The third-order valence-electron chi connectivity index (χ3n) is 2.37. The largest absolute Gasteiger partial charge is 0.313 e. The van der Waals surface area contributed by atoms with Crippen molar-refractivity contribution < 1.29 is 4.79 Å². The Labute approximate surface area is 101 Å². The summed E-state index contributed by atoms with van der Waals surface area (Å²) < 4.78 is 0. The zero-order chi connectivity index (χ0) is 11.8. The SMILES string of the molecule is CCN(C(=O)CCCCCl)c1ccncc1. The van der Waals surface area contributed by atoms with Gasteiger partial charge in [0.2, 0.25) is 5.91 Å². The van der Waals surface area contributed by atoms with Crippen LogP contribution in [0.5, 0.6) is 0 Å². The summed E-state index contributed by atoms with van der Waals surface area (Å²) in [4.78, 5) is 17.6. The van der Waals surface area contributed by atoms with Crippen LogP contribution in [-0.2, 0) is 4.79 Å². The van der Waals surface area contributed by atoms with Crippen LogP contribution in [0.3, 0.4) is 0 Å². The van der Waals surface area contributed by atoms with Crippen LogP contribution in [-0.4, -0.2) is 23.3 Å². The zero-order valence-corrected chi connectivity index (χ0v) is 10.3. The van der Waals surface area contributed by atoms with Crippen LogP contribution in [0, 0.1) is 0 Å². The van der Waals surface area contributed by atoms with Crippen molar-refractivity contribution in [3.63, 3.8) is 0 Å². The lowest BCUT2D eigenvalue weighted by molar-refractivity contribution is -0.118.